The molecule has 0 saturated heterocycles. The molecular weight excluding hydrogens is 282 g/mol. The average Bonchev–Trinajstić information content (AvgIpc) is 2.35. The maximum atomic E-state index is 12.0. The molecule has 0 bridgehead atoms. The molecule has 94 valence electrons. The van der Waals surface area contributed by atoms with Crippen LogP contribution in [0.15, 0.2) is 18.2 Å². The van der Waals surface area contributed by atoms with E-state index >= 15 is 0 Å². The first kappa shape index (κ1) is 14.0. The minimum atomic E-state index is -0.0940. The molecule has 4 heteroatoms. The largest absolute Gasteiger partial charge is 0.496 e. The summed E-state index contributed by atoms with van der Waals surface area (Å²) in [6.07, 6.45) is 0.977. The summed E-state index contributed by atoms with van der Waals surface area (Å²) in [5.41, 5.74) is 1.63. The van der Waals surface area contributed by atoms with Crippen LogP contribution in [-0.4, -0.2) is 24.4 Å². The van der Waals surface area contributed by atoms with Gasteiger partial charge in [-0.25, -0.2) is 0 Å². The molecule has 0 spiro atoms. The van der Waals surface area contributed by atoms with Crippen LogP contribution in [0, 0.1) is 6.92 Å². The molecule has 0 heterocycles. The zero-order valence-corrected chi connectivity index (χ0v) is 12.0. The molecule has 0 aromatic heterocycles. The van der Waals surface area contributed by atoms with Gasteiger partial charge in [0.05, 0.1) is 12.7 Å². The SMILES string of the molecule is CCC(Br)CNC(=O)c1cc(C)ccc1OC. The topological polar surface area (TPSA) is 38.3 Å². The molecule has 1 atom stereocenters. The van der Waals surface area contributed by atoms with Crippen molar-refractivity contribution in [3.8, 4) is 5.75 Å². The highest BCUT2D eigenvalue weighted by Crippen LogP contribution is 2.19. The Bertz CT molecular complexity index is 393. The van der Waals surface area contributed by atoms with Gasteiger partial charge in [-0.15, -0.1) is 0 Å². The van der Waals surface area contributed by atoms with Gasteiger partial charge >= 0.3 is 0 Å². The van der Waals surface area contributed by atoms with E-state index in [1.807, 2.05) is 25.1 Å². The van der Waals surface area contributed by atoms with E-state index in [0.717, 1.165) is 12.0 Å². The van der Waals surface area contributed by atoms with Gasteiger partial charge in [0.15, 0.2) is 0 Å². The summed E-state index contributed by atoms with van der Waals surface area (Å²) in [5, 5.41) is 2.89. The lowest BCUT2D eigenvalue weighted by Gasteiger charge is -2.12. The maximum absolute atomic E-state index is 12.0. The van der Waals surface area contributed by atoms with Crippen molar-refractivity contribution in [2.75, 3.05) is 13.7 Å². The number of hydrogen-bond donors (Lipinski definition) is 1. The van der Waals surface area contributed by atoms with E-state index in [2.05, 4.69) is 28.2 Å². The highest BCUT2D eigenvalue weighted by Gasteiger charge is 2.13. The van der Waals surface area contributed by atoms with Crippen molar-refractivity contribution >= 4 is 21.8 Å². The Balaban J connectivity index is 2.77. The van der Waals surface area contributed by atoms with Gasteiger partial charge in [-0.2, -0.15) is 0 Å². The van der Waals surface area contributed by atoms with Crippen LogP contribution in [0.25, 0.3) is 0 Å². The van der Waals surface area contributed by atoms with Crippen molar-refractivity contribution < 1.29 is 9.53 Å². The Hall–Kier alpha value is -1.03. The van der Waals surface area contributed by atoms with E-state index in [4.69, 9.17) is 4.74 Å². The van der Waals surface area contributed by atoms with Gasteiger partial charge in [-0.3, -0.25) is 4.79 Å². The number of carbonyl (C=O) groups is 1. The lowest BCUT2D eigenvalue weighted by molar-refractivity contribution is 0.0950. The molecule has 1 aromatic carbocycles. The van der Waals surface area contributed by atoms with Crippen molar-refractivity contribution in [1.82, 2.24) is 5.32 Å². The third kappa shape index (κ3) is 4.04. The first-order valence-electron chi connectivity index (χ1n) is 5.65. The molecule has 1 amide bonds. The third-order valence-electron chi connectivity index (χ3n) is 2.53. The fraction of sp³-hybridized carbons (Fsp3) is 0.462. The zero-order valence-electron chi connectivity index (χ0n) is 10.4. The van der Waals surface area contributed by atoms with Crippen LogP contribution in [0.4, 0.5) is 0 Å². The number of amides is 1. The molecule has 1 unspecified atom stereocenters. The fourth-order valence-electron chi connectivity index (χ4n) is 1.44. The molecular formula is C13H18BrNO2. The number of benzene rings is 1. The molecule has 3 nitrogen and oxygen atoms in total. The number of aryl methyl sites for hydroxylation is 1. The first-order chi connectivity index (χ1) is 8.08. The zero-order chi connectivity index (χ0) is 12.8. The van der Waals surface area contributed by atoms with Crippen molar-refractivity contribution in [1.29, 1.82) is 0 Å². The van der Waals surface area contributed by atoms with Crippen LogP contribution in [0.2, 0.25) is 0 Å². The molecule has 0 radical (unpaired) electrons. The van der Waals surface area contributed by atoms with Gasteiger partial charge in [-0.05, 0) is 25.5 Å². The van der Waals surface area contributed by atoms with E-state index in [1.165, 1.54) is 0 Å². The number of halogens is 1. The summed E-state index contributed by atoms with van der Waals surface area (Å²) in [4.78, 5) is 12.3. The highest BCUT2D eigenvalue weighted by molar-refractivity contribution is 9.09. The second-order valence-corrected chi connectivity index (χ2v) is 5.21. The van der Waals surface area contributed by atoms with E-state index in [9.17, 15) is 4.79 Å². The second-order valence-electron chi connectivity index (χ2n) is 3.92. The van der Waals surface area contributed by atoms with Gasteiger partial charge in [0.1, 0.15) is 5.75 Å². The minimum absolute atomic E-state index is 0.0940. The number of hydrogen-bond acceptors (Lipinski definition) is 2. The number of methoxy groups -OCH3 is 1. The number of rotatable bonds is 5. The maximum Gasteiger partial charge on any atom is 0.255 e. The van der Waals surface area contributed by atoms with Gasteiger partial charge in [0.2, 0.25) is 0 Å². The summed E-state index contributed by atoms with van der Waals surface area (Å²) in [7, 11) is 1.57. The molecule has 1 rings (SSSR count). The molecule has 0 fully saturated rings. The third-order valence-corrected chi connectivity index (χ3v) is 3.50. The summed E-state index contributed by atoms with van der Waals surface area (Å²) in [5.74, 6) is 0.513. The second kappa shape index (κ2) is 6.64. The van der Waals surface area contributed by atoms with Crippen molar-refractivity contribution in [2.24, 2.45) is 0 Å². The Morgan fingerprint density at radius 1 is 1.53 bits per heavy atom. The molecule has 1 N–H and O–H groups in total. The Labute approximate surface area is 111 Å². The van der Waals surface area contributed by atoms with Crippen LogP contribution in [0.1, 0.15) is 29.3 Å². The van der Waals surface area contributed by atoms with Crippen LogP contribution in [0.5, 0.6) is 5.75 Å². The molecule has 0 aliphatic rings. The molecule has 0 saturated carbocycles. The number of carbonyl (C=O) groups excluding carboxylic acids is 1. The normalized spacial score (nSPS) is 12.0. The molecule has 0 aliphatic carbocycles. The lowest BCUT2D eigenvalue weighted by atomic mass is 10.1. The smallest absolute Gasteiger partial charge is 0.255 e. The van der Waals surface area contributed by atoms with Crippen molar-refractivity contribution in [2.45, 2.75) is 25.1 Å². The van der Waals surface area contributed by atoms with Gasteiger partial charge in [0.25, 0.3) is 5.91 Å². The van der Waals surface area contributed by atoms with Crippen LogP contribution >= 0.6 is 15.9 Å². The van der Waals surface area contributed by atoms with Crippen LogP contribution < -0.4 is 10.1 Å². The predicted molar refractivity (Wildman–Crippen MR) is 73.1 cm³/mol. The average molecular weight is 300 g/mol. The molecule has 0 aliphatic heterocycles. The number of alkyl halides is 1. The standard InChI is InChI=1S/C13H18BrNO2/c1-4-10(14)8-15-13(16)11-7-9(2)5-6-12(11)17-3/h5-7,10H,4,8H2,1-3H3,(H,15,16). The van der Waals surface area contributed by atoms with E-state index in [-0.39, 0.29) is 5.91 Å². The van der Waals surface area contributed by atoms with Gasteiger partial charge < -0.3 is 10.1 Å². The summed E-state index contributed by atoms with van der Waals surface area (Å²) >= 11 is 3.48. The van der Waals surface area contributed by atoms with Crippen LogP contribution in [0.3, 0.4) is 0 Å². The number of ether oxygens (including phenoxy) is 1. The van der Waals surface area contributed by atoms with Crippen molar-refractivity contribution in [3.63, 3.8) is 0 Å². The first-order valence-corrected chi connectivity index (χ1v) is 6.57. The van der Waals surface area contributed by atoms with Crippen molar-refractivity contribution in [3.05, 3.63) is 29.3 Å². The molecule has 17 heavy (non-hydrogen) atoms. The highest BCUT2D eigenvalue weighted by atomic mass is 79.9. The quantitative estimate of drug-likeness (QED) is 0.849. The van der Waals surface area contributed by atoms with Gasteiger partial charge in [-0.1, -0.05) is 34.5 Å². The van der Waals surface area contributed by atoms with Crippen LogP contribution in [-0.2, 0) is 0 Å². The fourth-order valence-corrected chi connectivity index (χ4v) is 1.60. The summed E-state index contributed by atoms with van der Waals surface area (Å²) < 4.78 is 5.18. The Morgan fingerprint density at radius 2 is 2.24 bits per heavy atom. The Morgan fingerprint density at radius 3 is 2.82 bits per heavy atom. The van der Waals surface area contributed by atoms with E-state index in [1.54, 1.807) is 7.11 Å². The Kier molecular flexibility index (Phi) is 5.48. The summed E-state index contributed by atoms with van der Waals surface area (Å²) in [6.45, 7) is 4.64. The number of nitrogens with one attached hydrogen (secondary N) is 1. The lowest BCUT2D eigenvalue weighted by Crippen LogP contribution is -2.29. The van der Waals surface area contributed by atoms with Gasteiger partial charge in [0, 0.05) is 11.4 Å². The monoisotopic (exact) mass is 299 g/mol. The minimum Gasteiger partial charge on any atom is -0.496 e. The predicted octanol–water partition coefficient (Wildman–Crippen LogP) is 2.91. The summed E-state index contributed by atoms with van der Waals surface area (Å²) in [6, 6.07) is 5.58. The van der Waals surface area contributed by atoms with E-state index in [0.29, 0.717) is 22.7 Å². The molecule has 1 aromatic rings. The van der Waals surface area contributed by atoms with E-state index < -0.39 is 0 Å².